The van der Waals surface area contributed by atoms with Crippen molar-refractivity contribution in [3.8, 4) is 0 Å². The summed E-state index contributed by atoms with van der Waals surface area (Å²) in [6.07, 6.45) is 4.08. The van der Waals surface area contributed by atoms with Crippen LogP contribution in [0.2, 0.25) is 0 Å². The Labute approximate surface area is 96.0 Å². The predicted octanol–water partition coefficient (Wildman–Crippen LogP) is 3.84. The van der Waals surface area contributed by atoms with E-state index in [4.69, 9.17) is 0 Å². The second kappa shape index (κ2) is 4.45. The standard InChI is InChI=1S/C14H29N/c1-11-7-8-12(9-14(11,5)6)15-10-13(2,3)4/h11-12,15H,7-10H2,1-6H3/t11-,12+/m1/s1. The first-order valence-corrected chi connectivity index (χ1v) is 6.44. The molecule has 1 saturated carbocycles. The summed E-state index contributed by atoms with van der Waals surface area (Å²) in [7, 11) is 0. The van der Waals surface area contributed by atoms with Gasteiger partial charge in [0.25, 0.3) is 0 Å². The molecular weight excluding hydrogens is 182 g/mol. The van der Waals surface area contributed by atoms with Gasteiger partial charge in [0.05, 0.1) is 0 Å². The normalized spacial score (nSPS) is 31.6. The highest BCUT2D eigenvalue weighted by atomic mass is 14.9. The van der Waals surface area contributed by atoms with Gasteiger partial charge < -0.3 is 5.32 Å². The molecule has 1 fully saturated rings. The van der Waals surface area contributed by atoms with E-state index in [0.717, 1.165) is 18.5 Å². The maximum atomic E-state index is 3.74. The van der Waals surface area contributed by atoms with Gasteiger partial charge in [-0.05, 0) is 36.0 Å². The molecule has 15 heavy (non-hydrogen) atoms. The van der Waals surface area contributed by atoms with Crippen LogP contribution in [0, 0.1) is 16.7 Å². The van der Waals surface area contributed by atoms with Crippen LogP contribution in [0.25, 0.3) is 0 Å². The van der Waals surface area contributed by atoms with Crippen LogP contribution in [0.15, 0.2) is 0 Å². The summed E-state index contributed by atoms with van der Waals surface area (Å²) in [5, 5.41) is 3.74. The van der Waals surface area contributed by atoms with Gasteiger partial charge in [-0.2, -0.15) is 0 Å². The van der Waals surface area contributed by atoms with Crippen LogP contribution in [0.5, 0.6) is 0 Å². The Balaban J connectivity index is 2.40. The van der Waals surface area contributed by atoms with Crippen molar-refractivity contribution >= 4 is 0 Å². The third-order valence-electron chi connectivity index (χ3n) is 3.98. The molecular formula is C14H29N. The van der Waals surface area contributed by atoms with Gasteiger partial charge in [0.1, 0.15) is 0 Å². The minimum Gasteiger partial charge on any atom is -0.313 e. The highest BCUT2D eigenvalue weighted by molar-refractivity contribution is 4.88. The maximum absolute atomic E-state index is 3.74. The fourth-order valence-corrected chi connectivity index (χ4v) is 2.40. The quantitative estimate of drug-likeness (QED) is 0.732. The summed E-state index contributed by atoms with van der Waals surface area (Å²) in [5.74, 6) is 0.880. The van der Waals surface area contributed by atoms with Crippen molar-refractivity contribution in [3.05, 3.63) is 0 Å². The third kappa shape index (κ3) is 4.14. The van der Waals surface area contributed by atoms with E-state index in [1.807, 2.05) is 0 Å². The van der Waals surface area contributed by atoms with Gasteiger partial charge in [-0.25, -0.2) is 0 Å². The van der Waals surface area contributed by atoms with Crippen molar-refractivity contribution in [2.75, 3.05) is 6.54 Å². The Kier molecular flexibility index (Phi) is 3.86. The van der Waals surface area contributed by atoms with Crippen LogP contribution in [0.1, 0.15) is 60.8 Å². The van der Waals surface area contributed by atoms with Crippen LogP contribution < -0.4 is 5.32 Å². The van der Waals surface area contributed by atoms with Gasteiger partial charge in [-0.1, -0.05) is 41.5 Å². The SMILES string of the molecule is C[C@@H]1CC[C@H](NCC(C)(C)C)CC1(C)C. The highest BCUT2D eigenvalue weighted by Gasteiger charge is 2.33. The van der Waals surface area contributed by atoms with Crippen LogP contribution in [-0.2, 0) is 0 Å². The van der Waals surface area contributed by atoms with E-state index in [0.29, 0.717) is 10.8 Å². The lowest BCUT2D eigenvalue weighted by atomic mass is 9.68. The topological polar surface area (TPSA) is 12.0 Å². The smallest absolute Gasteiger partial charge is 0.00725 e. The maximum Gasteiger partial charge on any atom is 0.00725 e. The molecule has 0 aromatic carbocycles. The zero-order chi connectivity index (χ0) is 11.7. The molecule has 0 aromatic rings. The van der Waals surface area contributed by atoms with Crippen molar-refractivity contribution in [3.63, 3.8) is 0 Å². The zero-order valence-corrected chi connectivity index (χ0v) is 11.5. The molecule has 0 amide bonds. The van der Waals surface area contributed by atoms with E-state index in [9.17, 15) is 0 Å². The molecule has 1 N–H and O–H groups in total. The molecule has 1 aliphatic carbocycles. The molecule has 0 aliphatic heterocycles. The van der Waals surface area contributed by atoms with Crippen LogP contribution >= 0.6 is 0 Å². The molecule has 90 valence electrons. The lowest BCUT2D eigenvalue weighted by molar-refractivity contribution is 0.119. The third-order valence-corrected chi connectivity index (χ3v) is 3.98. The first-order chi connectivity index (χ1) is 6.71. The number of hydrogen-bond donors (Lipinski definition) is 1. The van der Waals surface area contributed by atoms with Crippen molar-refractivity contribution in [2.24, 2.45) is 16.7 Å². The van der Waals surface area contributed by atoms with E-state index in [1.54, 1.807) is 0 Å². The van der Waals surface area contributed by atoms with Crippen molar-refractivity contribution in [1.29, 1.82) is 0 Å². The van der Waals surface area contributed by atoms with Crippen molar-refractivity contribution in [2.45, 2.75) is 66.8 Å². The van der Waals surface area contributed by atoms with Gasteiger partial charge in [0, 0.05) is 12.6 Å². The lowest BCUT2D eigenvalue weighted by Gasteiger charge is -2.41. The van der Waals surface area contributed by atoms with E-state index in [1.165, 1.54) is 19.3 Å². The van der Waals surface area contributed by atoms with Crippen LogP contribution in [-0.4, -0.2) is 12.6 Å². The molecule has 0 saturated heterocycles. The first-order valence-electron chi connectivity index (χ1n) is 6.44. The van der Waals surface area contributed by atoms with Gasteiger partial charge in [0.15, 0.2) is 0 Å². The van der Waals surface area contributed by atoms with Crippen LogP contribution in [0.3, 0.4) is 0 Å². The summed E-state index contributed by atoms with van der Waals surface area (Å²) < 4.78 is 0. The molecule has 0 bridgehead atoms. The lowest BCUT2D eigenvalue weighted by Crippen LogP contribution is -2.43. The second-order valence-electron chi connectivity index (χ2n) is 7.31. The zero-order valence-electron chi connectivity index (χ0n) is 11.5. The van der Waals surface area contributed by atoms with Gasteiger partial charge in [-0.15, -0.1) is 0 Å². The molecule has 0 unspecified atom stereocenters. The molecule has 2 atom stereocenters. The van der Waals surface area contributed by atoms with Gasteiger partial charge >= 0.3 is 0 Å². The molecule has 1 nitrogen and oxygen atoms in total. The van der Waals surface area contributed by atoms with Crippen molar-refractivity contribution in [1.82, 2.24) is 5.32 Å². The summed E-state index contributed by atoms with van der Waals surface area (Å²) in [6, 6.07) is 0.746. The largest absolute Gasteiger partial charge is 0.313 e. The Morgan fingerprint density at radius 2 is 1.80 bits per heavy atom. The summed E-state index contributed by atoms with van der Waals surface area (Å²) >= 11 is 0. The van der Waals surface area contributed by atoms with Gasteiger partial charge in [0.2, 0.25) is 0 Å². The second-order valence-corrected chi connectivity index (χ2v) is 7.31. The minimum atomic E-state index is 0.410. The minimum absolute atomic E-state index is 0.410. The Morgan fingerprint density at radius 3 is 2.27 bits per heavy atom. The van der Waals surface area contributed by atoms with E-state index in [-0.39, 0.29) is 0 Å². The summed E-state index contributed by atoms with van der Waals surface area (Å²) in [6.45, 7) is 15.3. The predicted molar refractivity (Wildman–Crippen MR) is 68.0 cm³/mol. The molecule has 0 aromatic heterocycles. The first kappa shape index (κ1) is 13.0. The fraction of sp³-hybridized carbons (Fsp3) is 1.00. The van der Waals surface area contributed by atoms with E-state index < -0.39 is 0 Å². The van der Waals surface area contributed by atoms with Crippen LogP contribution in [0.4, 0.5) is 0 Å². The molecule has 1 aliphatic rings. The molecule has 0 heterocycles. The molecule has 0 radical (unpaired) electrons. The fourth-order valence-electron chi connectivity index (χ4n) is 2.40. The monoisotopic (exact) mass is 211 g/mol. The van der Waals surface area contributed by atoms with E-state index >= 15 is 0 Å². The Hall–Kier alpha value is -0.0400. The summed E-state index contributed by atoms with van der Waals surface area (Å²) in [4.78, 5) is 0. The Bertz CT molecular complexity index is 200. The molecule has 1 heteroatoms. The number of rotatable bonds is 2. The highest BCUT2D eigenvalue weighted by Crippen LogP contribution is 2.40. The number of hydrogen-bond acceptors (Lipinski definition) is 1. The summed E-state index contributed by atoms with van der Waals surface area (Å²) in [5.41, 5.74) is 0.932. The average molecular weight is 211 g/mol. The molecule has 0 spiro atoms. The number of nitrogens with one attached hydrogen (secondary N) is 1. The Morgan fingerprint density at radius 1 is 1.20 bits per heavy atom. The van der Waals surface area contributed by atoms with E-state index in [2.05, 4.69) is 46.9 Å². The molecule has 1 rings (SSSR count). The van der Waals surface area contributed by atoms with Gasteiger partial charge in [-0.3, -0.25) is 0 Å². The van der Waals surface area contributed by atoms with Crippen molar-refractivity contribution < 1.29 is 0 Å². The average Bonchev–Trinajstić information content (AvgIpc) is 2.06.